The van der Waals surface area contributed by atoms with Crippen molar-refractivity contribution in [3.05, 3.63) is 0 Å². The number of piperidine rings is 1. The maximum atomic E-state index is 4.05. The summed E-state index contributed by atoms with van der Waals surface area (Å²) in [4.78, 5) is 2.33. The predicted octanol–water partition coefficient (Wildman–Crippen LogP) is 2.86. The zero-order valence-corrected chi connectivity index (χ0v) is 14.7. The van der Waals surface area contributed by atoms with Crippen LogP contribution in [0.1, 0.15) is 58.8 Å². The van der Waals surface area contributed by atoms with Crippen molar-refractivity contribution in [1.29, 1.82) is 0 Å². The smallest absolute Gasteiger partial charge is 0.0220 e. The van der Waals surface area contributed by atoms with Gasteiger partial charge < -0.3 is 15.5 Å². The van der Waals surface area contributed by atoms with Crippen LogP contribution in [0.4, 0.5) is 0 Å². The van der Waals surface area contributed by atoms with Gasteiger partial charge in [0.25, 0.3) is 0 Å². The molecule has 1 saturated heterocycles. The van der Waals surface area contributed by atoms with Crippen LogP contribution in [0.15, 0.2) is 0 Å². The van der Waals surface area contributed by atoms with Gasteiger partial charge in [-0.15, -0.1) is 0 Å². The van der Waals surface area contributed by atoms with Gasteiger partial charge in [0.15, 0.2) is 0 Å². The largest absolute Gasteiger partial charge is 0.314 e. The van der Waals surface area contributed by atoms with Crippen LogP contribution in [-0.4, -0.2) is 50.2 Å². The topological polar surface area (TPSA) is 27.3 Å². The lowest BCUT2D eigenvalue weighted by molar-refractivity contribution is 0.153. The minimum Gasteiger partial charge on any atom is -0.314 e. The Morgan fingerprint density at radius 2 is 1.76 bits per heavy atom. The van der Waals surface area contributed by atoms with Crippen molar-refractivity contribution < 1.29 is 0 Å². The summed E-state index contributed by atoms with van der Waals surface area (Å²) in [6.45, 7) is 7.11. The lowest BCUT2D eigenvalue weighted by atomic mass is 9.76. The number of hydrogen-bond acceptors (Lipinski definition) is 3. The normalized spacial score (nSPS) is 32.6. The molecule has 0 aromatic carbocycles. The molecule has 3 nitrogen and oxygen atoms in total. The van der Waals surface area contributed by atoms with Gasteiger partial charge in [-0.2, -0.15) is 0 Å². The zero-order valence-electron chi connectivity index (χ0n) is 14.7. The quantitative estimate of drug-likeness (QED) is 0.789. The molecule has 2 fully saturated rings. The third-order valence-electron chi connectivity index (χ3n) is 5.48. The molecule has 0 bridgehead atoms. The van der Waals surface area contributed by atoms with E-state index in [1.807, 2.05) is 0 Å². The second-order valence-corrected chi connectivity index (χ2v) is 7.89. The fraction of sp³-hybridized carbons (Fsp3) is 1.00. The number of rotatable bonds is 6. The minimum atomic E-state index is 0.620. The molecule has 0 aromatic rings. The highest BCUT2D eigenvalue weighted by Gasteiger charge is 2.33. The summed E-state index contributed by atoms with van der Waals surface area (Å²) in [5.74, 6) is 1.55. The average Bonchev–Trinajstić information content (AvgIpc) is 2.47. The van der Waals surface area contributed by atoms with Crippen LogP contribution in [-0.2, 0) is 0 Å². The number of nitrogens with zero attached hydrogens (tertiary/aromatic N) is 1. The van der Waals surface area contributed by atoms with E-state index in [0.717, 1.165) is 24.5 Å². The van der Waals surface area contributed by atoms with Crippen molar-refractivity contribution >= 4 is 0 Å². The van der Waals surface area contributed by atoms with Crippen molar-refractivity contribution in [1.82, 2.24) is 15.5 Å². The first-order chi connectivity index (χ1) is 10.1. The maximum absolute atomic E-state index is 4.05. The van der Waals surface area contributed by atoms with Crippen LogP contribution in [0.25, 0.3) is 0 Å². The summed E-state index contributed by atoms with van der Waals surface area (Å²) < 4.78 is 0. The van der Waals surface area contributed by atoms with E-state index in [2.05, 4.69) is 43.5 Å². The summed E-state index contributed by atoms with van der Waals surface area (Å²) in [6, 6.07) is 2.11. The Labute approximate surface area is 132 Å². The number of hydrogen-bond donors (Lipinski definition) is 2. The minimum absolute atomic E-state index is 0.620. The monoisotopic (exact) mass is 295 g/mol. The molecule has 2 N–H and O–H groups in total. The van der Waals surface area contributed by atoms with Crippen molar-refractivity contribution in [2.75, 3.05) is 27.2 Å². The first-order valence-corrected chi connectivity index (χ1v) is 9.22. The third kappa shape index (κ3) is 5.22. The van der Waals surface area contributed by atoms with E-state index in [4.69, 9.17) is 0 Å². The van der Waals surface area contributed by atoms with E-state index in [9.17, 15) is 0 Å². The first-order valence-electron chi connectivity index (χ1n) is 9.22. The summed E-state index contributed by atoms with van der Waals surface area (Å²) in [6.07, 6.45) is 9.82. The van der Waals surface area contributed by atoms with Gasteiger partial charge >= 0.3 is 0 Å². The molecule has 2 aliphatic rings. The van der Waals surface area contributed by atoms with E-state index in [0.29, 0.717) is 12.0 Å². The van der Waals surface area contributed by atoms with Crippen LogP contribution in [0, 0.1) is 11.8 Å². The standard InChI is InChI=1S/C18H37N3/c1-14(2)18(13-21(3)4)20-17-11-6-5-9-15(17)16-10-7-8-12-19-16/h14-20H,5-13H2,1-4H3. The van der Waals surface area contributed by atoms with Gasteiger partial charge in [-0.3, -0.25) is 0 Å². The highest BCUT2D eigenvalue weighted by molar-refractivity contribution is 4.92. The second-order valence-electron chi connectivity index (χ2n) is 7.89. The Morgan fingerprint density at radius 1 is 1.05 bits per heavy atom. The second kappa shape index (κ2) is 8.50. The van der Waals surface area contributed by atoms with Crippen LogP contribution in [0.5, 0.6) is 0 Å². The van der Waals surface area contributed by atoms with Gasteiger partial charge in [-0.1, -0.05) is 33.1 Å². The number of likely N-dealkylation sites (N-methyl/N-ethyl adjacent to an activating group) is 1. The van der Waals surface area contributed by atoms with E-state index < -0.39 is 0 Å². The zero-order chi connectivity index (χ0) is 15.2. The highest BCUT2D eigenvalue weighted by Crippen LogP contribution is 2.31. The maximum Gasteiger partial charge on any atom is 0.0220 e. The Bertz CT molecular complexity index is 284. The van der Waals surface area contributed by atoms with Crippen molar-refractivity contribution in [2.24, 2.45) is 11.8 Å². The molecule has 0 aromatic heterocycles. The lowest BCUT2D eigenvalue weighted by Gasteiger charge is -2.42. The molecular weight excluding hydrogens is 258 g/mol. The number of nitrogens with one attached hydrogen (secondary N) is 2. The molecule has 0 amide bonds. The molecule has 1 saturated carbocycles. The van der Waals surface area contributed by atoms with Crippen LogP contribution in [0.3, 0.4) is 0 Å². The van der Waals surface area contributed by atoms with Crippen LogP contribution in [0.2, 0.25) is 0 Å². The fourth-order valence-electron chi connectivity index (χ4n) is 4.22. The molecule has 1 aliphatic heterocycles. The molecular formula is C18H37N3. The first kappa shape index (κ1) is 17.2. The predicted molar refractivity (Wildman–Crippen MR) is 91.7 cm³/mol. The summed E-state index contributed by atoms with van der Waals surface area (Å²) >= 11 is 0. The van der Waals surface area contributed by atoms with Crippen LogP contribution < -0.4 is 10.6 Å². The van der Waals surface area contributed by atoms with Crippen molar-refractivity contribution in [3.63, 3.8) is 0 Å². The molecule has 124 valence electrons. The van der Waals surface area contributed by atoms with E-state index in [1.165, 1.54) is 51.5 Å². The summed E-state index contributed by atoms with van der Waals surface area (Å²) in [5, 5.41) is 7.86. The Balaban J connectivity index is 1.96. The van der Waals surface area contributed by atoms with Gasteiger partial charge in [0, 0.05) is 24.7 Å². The van der Waals surface area contributed by atoms with E-state index in [1.54, 1.807) is 0 Å². The molecule has 21 heavy (non-hydrogen) atoms. The lowest BCUT2D eigenvalue weighted by Crippen LogP contribution is -2.55. The van der Waals surface area contributed by atoms with E-state index in [-0.39, 0.29) is 0 Å². The van der Waals surface area contributed by atoms with Crippen molar-refractivity contribution in [3.8, 4) is 0 Å². The summed E-state index contributed by atoms with van der Waals surface area (Å²) in [7, 11) is 4.39. The molecule has 1 aliphatic carbocycles. The molecule has 3 heteroatoms. The Morgan fingerprint density at radius 3 is 2.38 bits per heavy atom. The Hall–Kier alpha value is -0.120. The van der Waals surface area contributed by atoms with Gasteiger partial charge in [0.05, 0.1) is 0 Å². The van der Waals surface area contributed by atoms with Gasteiger partial charge in [0.1, 0.15) is 0 Å². The van der Waals surface area contributed by atoms with E-state index >= 15 is 0 Å². The van der Waals surface area contributed by atoms with Gasteiger partial charge in [-0.05, 0) is 58.2 Å². The molecule has 0 spiro atoms. The molecule has 1 heterocycles. The van der Waals surface area contributed by atoms with Gasteiger partial charge in [-0.25, -0.2) is 0 Å². The van der Waals surface area contributed by atoms with Crippen LogP contribution >= 0.6 is 0 Å². The Kier molecular flexibility index (Phi) is 6.97. The van der Waals surface area contributed by atoms with Crippen molar-refractivity contribution in [2.45, 2.75) is 76.9 Å². The fourth-order valence-corrected chi connectivity index (χ4v) is 4.22. The summed E-state index contributed by atoms with van der Waals surface area (Å²) in [5.41, 5.74) is 0. The average molecular weight is 296 g/mol. The molecule has 2 rings (SSSR count). The highest BCUT2D eigenvalue weighted by atomic mass is 15.1. The molecule has 4 atom stereocenters. The third-order valence-corrected chi connectivity index (χ3v) is 5.48. The SMILES string of the molecule is CC(C)C(CN(C)C)NC1CCCCC1C1CCCCN1. The molecule has 4 unspecified atom stereocenters. The molecule has 0 radical (unpaired) electrons. The van der Waals surface area contributed by atoms with Gasteiger partial charge in [0.2, 0.25) is 0 Å².